The molecule has 0 aliphatic carbocycles. The van der Waals surface area contributed by atoms with Gasteiger partial charge in [-0.3, -0.25) is 9.35 Å². The van der Waals surface area contributed by atoms with Crippen molar-refractivity contribution in [2.24, 2.45) is 0 Å². The molecule has 0 spiro atoms. The maximum absolute atomic E-state index is 12.9. The van der Waals surface area contributed by atoms with Gasteiger partial charge in [-0.05, 0) is 77.0 Å². The summed E-state index contributed by atoms with van der Waals surface area (Å²) in [6.45, 7) is 3.95. The molecular weight excluding hydrogens is 849 g/mol. The summed E-state index contributed by atoms with van der Waals surface area (Å²) in [4.78, 5) is 12.9. The number of hydrogen-bond acceptors (Lipinski definition) is 11. The zero-order chi connectivity index (χ0) is 47.5. The van der Waals surface area contributed by atoms with Gasteiger partial charge in [0.15, 0.2) is 6.29 Å². The van der Waals surface area contributed by atoms with Gasteiger partial charge in [-0.15, -0.1) is 0 Å². The number of esters is 1. The van der Waals surface area contributed by atoms with Gasteiger partial charge in [0.1, 0.15) is 30.5 Å². The third-order valence-corrected chi connectivity index (χ3v) is 12.1. The van der Waals surface area contributed by atoms with Gasteiger partial charge in [-0.1, -0.05) is 178 Å². The molecule has 380 valence electrons. The number of allylic oxidation sites excluding steroid dienone is 8. The van der Waals surface area contributed by atoms with Crippen molar-refractivity contribution in [2.45, 2.75) is 250 Å². The Morgan fingerprint density at radius 3 is 1.52 bits per heavy atom. The summed E-state index contributed by atoms with van der Waals surface area (Å²) in [5, 5.41) is 30.7. The van der Waals surface area contributed by atoms with Gasteiger partial charge in [-0.2, -0.15) is 8.42 Å². The van der Waals surface area contributed by atoms with Crippen LogP contribution >= 0.6 is 0 Å². The summed E-state index contributed by atoms with van der Waals surface area (Å²) in [6.07, 6.45) is 44.3. The molecule has 12 nitrogen and oxygen atoms in total. The molecule has 0 radical (unpaired) electrons. The first kappa shape index (κ1) is 61.1. The van der Waals surface area contributed by atoms with Crippen LogP contribution < -0.4 is 0 Å². The van der Waals surface area contributed by atoms with Crippen LogP contribution in [0.4, 0.5) is 0 Å². The number of rotatable bonds is 45. The highest BCUT2D eigenvalue weighted by atomic mass is 32.3. The van der Waals surface area contributed by atoms with Crippen LogP contribution in [0.1, 0.15) is 213 Å². The number of hydrogen-bond donors (Lipinski definition) is 4. The van der Waals surface area contributed by atoms with Crippen LogP contribution in [-0.4, -0.2) is 97.5 Å². The van der Waals surface area contributed by atoms with Gasteiger partial charge in [0.05, 0.1) is 19.8 Å². The molecule has 6 unspecified atom stereocenters. The Hall–Kier alpha value is -1.94. The summed E-state index contributed by atoms with van der Waals surface area (Å²) in [5.74, 6) is -0.405. The first-order valence-electron chi connectivity index (χ1n) is 25.9. The molecule has 1 heterocycles. The molecule has 1 rings (SSSR count). The topological polar surface area (TPSA) is 178 Å². The molecule has 1 aliphatic heterocycles. The molecule has 0 aromatic rings. The fourth-order valence-corrected chi connectivity index (χ4v) is 8.24. The second-order valence-corrected chi connectivity index (χ2v) is 18.8. The number of unbranched alkanes of at least 4 members (excludes halogenated alkanes) is 24. The molecule has 13 heteroatoms. The van der Waals surface area contributed by atoms with Gasteiger partial charge in [0, 0.05) is 13.0 Å². The average molecular weight is 943 g/mol. The number of ether oxygens (including phenoxy) is 4. The van der Waals surface area contributed by atoms with Gasteiger partial charge in [0.25, 0.3) is 0 Å². The van der Waals surface area contributed by atoms with Gasteiger partial charge in [0.2, 0.25) is 0 Å². The Morgan fingerprint density at radius 2 is 1.02 bits per heavy atom. The third-order valence-electron chi connectivity index (χ3n) is 11.7. The summed E-state index contributed by atoms with van der Waals surface area (Å²) in [7, 11) is -5.07. The third kappa shape index (κ3) is 36.7. The van der Waals surface area contributed by atoms with Crippen molar-refractivity contribution in [2.75, 3.05) is 26.4 Å². The quantitative estimate of drug-likeness (QED) is 0.0197. The first-order chi connectivity index (χ1) is 31.6. The van der Waals surface area contributed by atoms with E-state index in [9.17, 15) is 33.1 Å². The van der Waals surface area contributed by atoms with Gasteiger partial charge >= 0.3 is 16.4 Å². The molecule has 4 N–H and O–H groups in total. The second kappa shape index (κ2) is 43.3. The minimum Gasteiger partial charge on any atom is -0.457 e. The Bertz CT molecular complexity index is 1320. The van der Waals surface area contributed by atoms with Crippen molar-refractivity contribution in [3.05, 3.63) is 48.6 Å². The highest BCUT2D eigenvalue weighted by Crippen LogP contribution is 2.26. The molecule has 1 aliphatic rings. The van der Waals surface area contributed by atoms with Gasteiger partial charge < -0.3 is 34.3 Å². The largest absolute Gasteiger partial charge is 0.457 e. The van der Waals surface area contributed by atoms with E-state index in [0.717, 1.165) is 64.2 Å². The summed E-state index contributed by atoms with van der Waals surface area (Å²) in [5.41, 5.74) is 0. The standard InChI is InChI=1S/C52H94O12S/c1-3-5-7-9-11-13-15-17-18-19-20-21-22-23-24-25-26-27-28-29-31-33-35-37-39-41-48(54)62-46(44-60-42-40-38-36-34-32-30-16-14-12-10-8-6-4-2)45-61-52-50(56)51(64-65(57,58)59)49(55)47(43-53)63-52/h12,14-15,17,19-20,22-23,46-47,49-53,55-56H,3-11,13,16,18,21,24-45H2,1-2H3,(H,57,58,59)/b14-12-,17-15-,20-19-,23-22-. The normalized spacial score (nSPS) is 20.0. The molecule has 6 atom stereocenters. The van der Waals surface area contributed by atoms with E-state index in [0.29, 0.717) is 13.0 Å². The van der Waals surface area contributed by atoms with E-state index < -0.39 is 59.8 Å². The number of aliphatic hydroxyl groups is 3. The number of carbonyl (C=O) groups excluding carboxylic acids is 1. The Labute approximate surface area is 396 Å². The zero-order valence-corrected chi connectivity index (χ0v) is 41.6. The van der Waals surface area contributed by atoms with E-state index in [-0.39, 0.29) is 19.6 Å². The lowest BCUT2D eigenvalue weighted by atomic mass is 9.99. The van der Waals surface area contributed by atoms with Crippen molar-refractivity contribution >= 4 is 16.4 Å². The van der Waals surface area contributed by atoms with Crippen LogP contribution in [0, 0.1) is 0 Å². The molecule has 1 saturated heterocycles. The molecule has 65 heavy (non-hydrogen) atoms. The minimum atomic E-state index is -5.07. The molecule has 0 amide bonds. The van der Waals surface area contributed by atoms with E-state index in [1.165, 1.54) is 122 Å². The minimum absolute atomic E-state index is 0.0299. The van der Waals surface area contributed by atoms with Crippen molar-refractivity contribution < 1.29 is 56.2 Å². The number of carbonyl (C=O) groups is 1. The lowest BCUT2D eigenvalue weighted by Gasteiger charge is -2.41. The van der Waals surface area contributed by atoms with Crippen molar-refractivity contribution in [3.8, 4) is 0 Å². The molecule has 0 bridgehead atoms. The second-order valence-electron chi connectivity index (χ2n) is 17.8. The van der Waals surface area contributed by atoms with Gasteiger partial charge in [-0.25, -0.2) is 4.18 Å². The predicted octanol–water partition coefficient (Wildman–Crippen LogP) is 11.9. The highest BCUT2D eigenvalue weighted by Gasteiger charge is 2.48. The molecule has 0 saturated carbocycles. The summed E-state index contributed by atoms with van der Waals surface area (Å²) in [6, 6.07) is 0. The molecule has 0 aromatic heterocycles. The fourth-order valence-electron chi connectivity index (χ4n) is 7.73. The molecular formula is C52H94O12S. The smallest absolute Gasteiger partial charge is 0.397 e. The fraction of sp³-hybridized carbons (Fsp3) is 0.827. The highest BCUT2D eigenvalue weighted by molar-refractivity contribution is 7.80. The van der Waals surface area contributed by atoms with Crippen molar-refractivity contribution in [1.29, 1.82) is 0 Å². The molecule has 1 fully saturated rings. The lowest BCUT2D eigenvalue weighted by Crippen LogP contribution is -2.60. The maximum Gasteiger partial charge on any atom is 0.397 e. The Kier molecular flexibility index (Phi) is 40.7. The monoisotopic (exact) mass is 943 g/mol. The Morgan fingerprint density at radius 1 is 0.585 bits per heavy atom. The van der Waals surface area contributed by atoms with Crippen LogP contribution in [-0.2, 0) is 38.3 Å². The Balaban J connectivity index is 2.32. The van der Waals surface area contributed by atoms with E-state index in [2.05, 4.69) is 66.6 Å². The van der Waals surface area contributed by atoms with Crippen LogP contribution in [0.25, 0.3) is 0 Å². The first-order valence-corrected chi connectivity index (χ1v) is 27.3. The summed E-state index contributed by atoms with van der Waals surface area (Å²) >= 11 is 0. The predicted molar refractivity (Wildman–Crippen MR) is 262 cm³/mol. The van der Waals surface area contributed by atoms with Crippen LogP contribution in [0.15, 0.2) is 48.6 Å². The van der Waals surface area contributed by atoms with Crippen LogP contribution in [0.3, 0.4) is 0 Å². The summed E-state index contributed by atoms with van der Waals surface area (Å²) < 4.78 is 59.2. The van der Waals surface area contributed by atoms with E-state index >= 15 is 0 Å². The van der Waals surface area contributed by atoms with E-state index in [4.69, 9.17) is 18.9 Å². The van der Waals surface area contributed by atoms with E-state index in [1.807, 2.05) is 0 Å². The lowest BCUT2D eigenvalue weighted by molar-refractivity contribution is -0.301. The van der Waals surface area contributed by atoms with E-state index in [1.54, 1.807) is 0 Å². The number of aliphatic hydroxyl groups excluding tert-OH is 3. The maximum atomic E-state index is 12.9. The average Bonchev–Trinajstić information content (AvgIpc) is 3.28. The molecule has 0 aromatic carbocycles. The van der Waals surface area contributed by atoms with Crippen LogP contribution in [0.2, 0.25) is 0 Å². The van der Waals surface area contributed by atoms with Crippen molar-refractivity contribution in [1.82, 2.24) is 0 Å². The van der Waals surface area contributed by atoms with Crippen molar-refractivity contribution in [3.63, 3.8) is 0 Å². The zero-order valence-electron chi connectivity index (χ0n) is 40.8. The SMILES string of the molecule is CCCCC/C=C\CCCCCCCCOCC(COC1OC(CO)C(O)C(OS(=O)(=O)O)C1O)OC(=O)CCCCCCCCCCCC/C=C\C/C=C\C/C=C\CCCCCCC. The van der Waals surface area contributed by atoms with Crippen LogP contribution in [0.5, 0.6) is 0 Å².